The summed E-state index contributed by atoms with van der Waals surface area (Å²) >= 11 is 0. The smallest absolute Gasteiger partial charge is 0.330 e. The minimum atomic E-state index is -1.14. The number of aromatic nitrogens is 1. The largest absolute Gasteiger partial charge is 0.479 e. The molecule has 2 rings (SSSR count). The van der Waals surface area contributed by atoms with Gasteiger partial charge in [0.05, 0.1) is 0 Å². The van der Waals surface area contributed by atoms with Crippen molar-refractivity contribution in [1.82, 2.24) is 10.5 Å². The standard InChI is InChI=1S/C17H20N2O4/c1-9(2)14-8-13(19-23-14)16(20)18-15(17(21)22)12-7-5-6-10(3)11(12)4/h5-9,15H,1-4H3,(H,18,20)(H,21,22). The van der Waals surface area contributed by atoms with E-state index in [4.69, 9.17) is 4.52 Å². The van der Waals surface area contributed by atoms with Gasteiger partial charge in [0.25, 0.3) is 5.91 Å². The molecular formula is C17H20N2O4. The van der Waals surface area contributed by atoms with Crippen LogP contribution < -0.4 is 5.32 Å². The molecule has 0 fully saturated rings. The van der Waals surface area contributed by atoms with Crippen LogP contribution in [0.15, 0.2) is 28.8 Å². The van der Waals surface area contributed by atoms with Crippen molar-refractivity contribution in [1.29, 1.82) is 0 Å². The fourth-order valence-electron chi connectivity index (χ4n) is 2.23. The Bertz CT molecular complexity index is 734. The average molecular weight is 316 g/mol. The molecular weight excluding hydrogens is 296 g/mol. The number of benzene rings is 1. The van der Waals surface area contributed by atoms with Crippen LogP contribution in [-0.4, -0.2) is 22.1 Å². The number of carbonyl (C=O) groups is 2. The van der Waals surface area contributed by atoms with Crippen LogP contribution in [0.3, 0.4) is 0 Å². The Kier molecular flexibility index (Phi) is 4.83. The second kappa shape index (κ2) is 6.64. The van der Waals surface area contributed by atoms with Crippen LogP contribution in [0.1, 0.15) is 58.7 Å². The lowest BCUT2D eigenvalue weighted by atomic mass is 9.97. The molecule has 1 heterocycles. The van der Waals surface area contributed by atoms with Crippen molar-refractivity contribution >= 4 is 11.9 Å². The number of hydrogen-bond donors (Lipinski definition) is 2. The predicted molar refractivity (Wildman–Crippen MR) is 84.4 cm³/mol. The molecule has 1 aromatic carbocycles. The summed E-state index contributed by atoms with van der Waals surface area (Å²) in [7, 11) is 0. The van der Waals surface area contributed by atoms with E-state index in [1.165, 1.54) is 6.07 Å². The van der Waals surface area contributed by atoms with Crippen LogP contribution in [0.4, 0.5) is 0 Å². The van der Waals surface area contributed by atoms with Gasteiger partial charge in [-0.3, -0.25) is 4.79 Å². The summed E-state index contributed by atoms with van der Waals surface area (Å²) in [6, 6.07) is 5.76. The molecule has 0 aliphatic rings. The van der Waals surface area contributed by atoms with E-state index >= 15 is 0 Å². The summed E-state index contributed by atoms with van der Waals surface area (Å²) in [5.41, 5.74) is 2.43. The lowest BCUT2D eigenvalue weighted by Gasteiger charge is -2.17. The van der Waals surface area contributed by atoms with Crippen molar-refractivity contribution in [2.45, 2.75) is 39.7 Å². The molecule has 1 aromatic heterocycles. The monoisotopic (exact) mass is 316 g/mol. The van der Waals surface area contributed by atoms with E-state index in [0.29, 0.717) is 11.3 Å². The highest BCUT2D eigenvalue weighted by atomic mass is 16.5. The van der Waals surface area contributed by atoms with Crippen molar-refractivity contribution in [2.75, 3.05) is 0 Å². The number of carbonyl (C=O) groups excluding carboxylic acids is 1. The normalized spacial score (nSPS) is 12.2. The molecule has 1 atom stereocenters. The Morgan fingerprint density at radius 1 is 1.26 bits per heavy atom. The first-order valence-corrected chi connectivity index (χ1v) is 7.37. The van der Waals surface area contributed by atoms with Crippen LogP contribution in [0.25, 0.3) is 0 Å². The molecule has 1 unspecified atom stereocenters. The second-order valence-corrected chi connectivity index (χ2v) is 5.80. The number of nitrogens with one attached hydrogen (secondary N) is 1. The number of nitrogens with zero attached hydrogens (tertiary/aromatic N) is 1. The molecule has 1 amide bonds. The van der Waals surface area contributed by atoms with Gasteiger partial charge in [0.1, 0.15) is 5.76 Å². The molecule has 0 saturated carbocycles. The van der Waals surface area contributed by atoms with Gasteiger partial charge in [-0.1, -0.05) is 37.2 Å². The lowest BCUT2D eigenvalue weighted by Crippen LogP contribution is -2.34. The quantitative estimate of drug-likeness (QED) is 0.884. The minimum absolute atomic E-state index is 0.0743. The van der Waals surface area contributed by atoms with Crippen LogP contribution in [0.2, 0.25) is 0 Å². The Morgan fingerprint density at radius 3 is 2.52 bits per heavy atom. The van der Waals surface area contributed by atoms with Gasteiger partial charge in [0, 0.05) is 12.0 Å². The molecule has 6 heteroatoms. The van der Waals surface area contributed by atoms with E-state index in [1.54, 1.807) is 12.1 Å². The number of hydrogen-bond acceptors (Lipinski definition) is 4. The highest BCUT2D eigenvalue weighted by Crippen LogP contribution is 2.22. The minimum Gasteiger partial charge on any atom is -0.479 e. The maximum absolute atomic E-state index is 12.3. The van der Waals surface area contributed by atoms with Gasteiger partial charge in [-0.25, -0.2) is 4.79 Å². The molecule has 2 N–H and O–H groups in total. The molecule has 6 nitrogen and oxygen atoms in total. The SMILES string of the molecule is Cc1cccc(C(NC(=O)c2cc(C(C)C)on2)C(=O)O)c1C. The second-order valence-electron chi connectivity index (χ2n) is 5.80. The first-order valence-electron chi connectivity index (χ1n) is 7.37. The molecule has 0 spiro atoms. The highest BCUT2D eigenvalue weighted by Gasteiger charge is 2.26. The van der Waals surface area contributed by atoms with Gasteiger partial charge < -0.3 is 14.9 Å². The maximum atomic E-state index is 12.3. The first-order chi connectivity index (χ1) is 10.8. The summed E-state index contributed by atoms with van der Waals surface area (Å²) in [6.45, 7) is 7.56. The van der Waals surface area contributed by atoms with Crippen LogP contribution in [0.5, 0.6) is 0 Å². The van der Waals surface area contributed by atoms with Crippen molar-refractivity contribution in [2.24, 2.45) is 0 Å². The van der Waals surface area contributed by atoms with E-state index in [0.717, 1.165) is 11.1 Å². The van der Waals surface area contributed by atoms with Gasteiger partial charge in [-0.2, -0.15) is 0 Å². The maximum Gasteiger partial charge on any atom is 0.330 e. The van der Waals surface area contributed by atoms with Gasteiger partial charge in [-0.05, 0) is 30.5 Å². The highest BCUT2D eigenvalue weighted by molar-refractivity contribution is 5.95. The van der Waals surface area contributed by atoms with E-state index in [-0.39, 0.29) is 11.6 Å². The van der Waals surface area contributed by atoms with E-state index in [2.05, 4.69) is 10.5 Å². The summed E-state index contributed by atoms with van der Waals surface area (Å²) in [6.07, 6.45) is 0. The molecule has 0 aliphatic heterocycles. The number of amides is 1. The summed E-state index contributed by atoms with van der Waals surface area (Å²) in [4.78, 5) is 23.9. The van der Waals surface area contributed by atoms with Gasteiger partial charge in [-0.15, -0.1) is 0 Å². The van der Waals surface area contributed by atoms with Crippen LogP contribution in [-0.2, 0) is 4.79 Å². The fraction of sp³-hybridized carbons (Fsp3) is 0.353. The molecule has 2 aromatic rings. The Hall–Kier alpha value is -2.63. The summed E-state index contributed by atoms with van der Waals surface area (Å²) in [5, 5.41) is 15.7. The third kappa shape index (κ3) is 3.59. The fourth-order valence-corrected chi connectivity index (χ4v) is 2.23. The molecule has 0 saturated heterocycles. The Balaban J connectivity index is 2.27. The third-order valence-electron chi connectivity index (χ3n) is 3.81. The number of carboxylic acid groups (broad SMARTS) is 1. The molecule has 23 heavy (non-hydrogen) atoms. The van der Waals surface area contributed by atoms with E-state index < -0.39 is 17.9 Å². The topological polar surface area (TPSA) is 92.4 Å². The summed E-state index contributed by atoms with van der Waals surface area (Å²) < 4.78 is 5.08. The number of aryl methyl sites for hydroxylation is 1. The van der Waals surface area contributed by atoms with Crippen LogP contribution in [0, 0.1) is 13.8 Å². The van der Waals surface area contributed by atoms with Gasteiger partial charge in [0.2, 0.25) is 0 Å². The lowest BCUT2D eigenvalue weighted by molar-refractivity contribution is -0.139. The zero-order valence-electron chi connectivity index (χ0n) is 13.6. The Morgan fingerprint density at radius 2 is 1.96 bits per heavy atom. The van der Waals surface area contributed by atoms with Gasteiger partial charge in [0.15, 0.2) is 11.7 Å². The van der Waals surface area contributed by atoms with E-state index in [1.807, 2.05) is 33.8 Å². The molecule has 0 aliphatic carbocycles. The predicted octanol–water partition coefficient (Wildman–Crippen LogP) is 2.97. The first kappa shape index (κ1) is 16.7. The van der Waals surface area contributed by atoms with Crippen molar-refractivity contribution < 1.29 is 19.2 Å². The zero-order valence-corrected chi connectivity index (χ0v) is 13.6. The van der Waals surface area contributed by atoms with E-state index in [9.17, 15) is 14.7 Å². The average Bonchev–Trinajstić information content (AvgIpc) is 2.98. The molecule has 0 radical (unpaired) electrons. The van der Waals surface area contributed by atoms with Crippen molar-refractivity contribution in [3.05, 3.63) is 52.4 Å². The number of aliphatic carboxylic acids is 1. The number of carboxylic acids is 1. The zero-order chi connectivity index (χ0) is 17.1. The number of rotatable bonds is 5. The molecule has 0 bridgehead atoms. The van der Waals surface area contributed by atoms with Crippen molar-refractivity contribution in [3.63, 3.8) is 0 Å². The van der Waals surface area contributed by atoms with Gasteiger partial charge >= 0.3 is 5.97 Å². The van der Waals surface area contributed by atoms with Crippen LogP contribution >= 0.6 is 0 Å². The third-order valence-corrected chi connectivity index (χ3v) is 3.81. The summed E-state index contributed by atoms with van der Waals surface area (Å²) in [5.74, 6) is -1.03. The molecule has 122 valence electrons. The van der Waals surface area contributed by atoms with Crippen molar-refractivity contribution in [3.8, 4) is 0 Å². The Labute approximate surface area is 134 Å².